The van der Waals surface area contributed by atoms with Crippen molar-refractivity contribution in [3.05, 3.63) is 41.5 Å². The molecule has 2 aromatic rings. The Morgan fingerprint density at radius 2 is 2.24 bits per heavy atom. The van der Waals surface area contributed by atoms with E-state index >= 15 is 0 Å². The van der Waals surface area contributed by atoms with Crippen LogP contribution in [0.2, 0.25) is 0 Å². The van der Waals surface area contributed by atoms with Crippen molar-refractivity contribution < 1.29 is 4.74 Å². The molecule has 2 aliphatic rings. The van der Waals surface area contributed by atoms with E-state index in [-0.39, 0.29) is 6.04 Å². The smallest absolute Gasteiger partial charge is 0.147 e. The maximum atomic E-state index is 6.50. The fourth-order valence-corrected chi connectivity index (χ4v) is 3.48. The van der Waals surface area contributed by atoms with Crippen LogP contribution in [0.1, 0.15) is 23.0 Å². The quantitative estimate of drug-likeness (QED) is 0.881. The minimum atomic E-state index is 0.0320. The van der Waals surface area contributed by atoms with Crippen LogP contribution in [-0.4, -0.2) is 39.4 Å². The van der Waals surface area contributed by atoms with Gasteiger partial charge in [-0.05, 0) is 29.7 Å². The van der Waals surface area contributed by atoms with Crippen molar-refractivity contribution in [3.8, 4) is 5.75 Å². The molecule has 0 radical (unpaired) electrons. The van der Waals surface area contributed by atoms with Gasteiger partial charge in [0.25, 0.3) is 0 Å². The lowest BCUT2D eigenvalue weighted by Crippen LogP contribution is -2.45. The van der Waals surface area contributed by atoms with Gasteiger partial charge in [-0.25, -0.2) is 0 Å². The second-order valence-electron chi connectivity index (χ2n) is 5.77. The highest BCUT2D eigenvalue weighted by Gasteiger charge is 2.35. The number of aromatic nitrogens is 3. The van der Waals surface area contributed by atoms with Gasteiger partial charge in [-0.1, -0.05) is 6.07 Å². The monoisotopic (exact) mass is 285 g/mol. The van der Waals surface area contributed by atoms with E-state index in [2.05, 4.69) is 31.8 Å². The summed E-state index contributed by atoms with van der Waals surface area (Å²) in [6, 6.07) is 6.59. The zero-order chi connectivity index (χ0) is 14.4. The number of ether oxygens (including phenoxy) is 1. The molecule has 1 aliphatic heterocycles. The average molecular weight is 285 g/mol. The van der Waals surface area contributed by atoms with E-state index in [1.54, 1.807) is 13.4 Å². The third-order valence-electron chi connectivity index (χ3n) is 4.69. The highest BCUT2D eigenvalue weighted by Crippen LogP contribution is 2.36. The fraction of sp³-hybridized carbons (Fsp3) is 0.467. The third kappa shape index (κ3) is 2.02. The Bertz CT molecular complexity index is 668. The number of nitrogens with zero attached hydrogens (tertiary/aromatic N) is 4. The van der Waals surface area contributed by atoms with Gasteiger partial charge in [0.15, 0.2) is 0 Å². The van der Waals surface area contributed by atoms with E-state index in [0.29, 0.717) is 6.04 Å². The molecule has 0 saturated heterocycles. The second-order valence-corrected chi connectivity index (χ2v) is 5.77. The first-order valence-electron chi connectivity index (χ1n) is 7.29. The lowest BCUT2D eigenvalue weighted by molar-refractivity contribution is 0.139. The Balaban J connectivity index is 1.58. The molecule has 110 valence electrons. The van der Waals surface area contributed by atoms with Crippen LogP contribution in [0.25, 0.3) is 0 Å². The molecule has 1 aliphatic carbocycles. The van der Waals surface area contributed by atoms with Crippen LogP contribution in [0.15, 0.2) is 24.5 Å². The van der Waals surface area contributed by atoms with E-state index in [9.17, 15) is 0 Å². The molecule has 6 nitrogen and oxygen atoms in total. The van der Waals surface area contributed by atoms with Crippen LogP contribution in [0.5, 0.6) is 5.75 Å². The van der Waals surface area contributed by atoms with Gasteiger partial charge in [-0.2, -0.15) is 0 Å². The van der Waals surface area contributed by atoms with Crippen molar-refractivity contribution in [2.75, 3.05) is 13.7 Å². The zero-order valence-electron chi connectivity index (χ0n) is 12.1. The summed E-state index contributed by atoms with van der Waals surface area (Å²) in [5.74, 6) is 1.91. The van der Waals surface area contributed by atoms with Crippen LogP contribution < -0.4 is 10.5 Å². The minimum absolute atomic E-state index is 0.0320. The number of fused-ring (bicyclic) bond motifs is 2. The summed E-state index contributed by atoms with van der Waals surface area (Å²) in [6.07, 6.45) is 2.80. The zero-order valence-corrected chi connectivity index (χ0v) is 12.1. The van der Waals surface area contributed by atoms with Gasteiger partial charge in [0.05, 0.1) is 13.7 Å². The summed E-state index contributed by atoms with van der Waals surface area (Å²) in [6.45, 7) is 2.75. The van der Waals surface area contributed by atoms with Gasteiger partial charge in [0.1, 0.15) is 17.9 Å². The van der Waals surface area contributed by atoms with Crippen molar-refractivity contribution >= 4 is 0 Å². The topological polar surface area (TPSA) is 69.2 Å². The summed E-state index contributed by atoms with van der Waals surface area (Å²) >= 11 is 0. The summed E-state index contributed by atoms with van der Waals surface area (Å²) in [5, 5.41) is 8.17. The second kappa shape index (κ2) is 4.82. The third-order valence-corrected chi connectivity index (χ3v) is 4.69. The first kappa shape index (κ1) is 12.8. The van der Waals surface area contributed by atoms with Gasteiger partial charge >= 0.3 is 0 Å². The molecule has 6 heteroatoms. The molecule has 2 unspecified atom stereocenters. The standard InChI is InChI=1S/C15H19N5O/c1-21-11-3-2-10-6-13(15(16)12(10)7-11)19-4-5-20-9-17-18-14(20)8-19/h2-3,7,9,13,15H,4-6,8,16H2,1H3. The van der Waals surface area contributed by atoms with E-state index in [0.717, 1.165) is 37.6 Å². The van der Waals surface area contributed by atoms with E-state index < -0.39 is 0 Å². The number of methoxy groups -OCH3 is 1. The lowest BCUT2D eigenvalue weighted by atomic mass is 10.1. The molecule has 0 saturated carbocycles. The maximum absolute atomic E-state index is 6.50. The van der Waals surface area contributed by atoms with Crippen molar-refractivity contribution in [2.24, 2.45) is 5.73 Å². The predicted octanol–water partition coefficient (Wildman–Crippen LogP) is 0.727. The number of rotatable bonds is 2. The highest BCUT2D eigenvalue weighted by molar-refractivity contribution is 5.42. The van der Waals surface area contributed by atoms with Gasteiger partial charge in [-0.3, -0.25) is 4.90 Å². The van der Waals surface area contributed by atoms with E-state index in [1.165, 1.54) is 11.1 Å². The molecule has 0 spiro atoms. The predicted molar refractivity (Wildman–Crippen MR) is 77.8 cm³/mol. The molecular formula is C15H19N5O. The number of benzene rings is 1. The Kier molecular flexibility index (Phi) is 2.94. The summed E-state index contributed by atoms with van der Waals surface area (Å²) in [4.78, 5) is 2.43. The molecule has 1 aromatic heterocycles. The number of hydrogen-bond acceptors (Lipinski definition) is 5. The molecule has 2 heterocycles. The highest BCUT2D eigenvalue weighted by atomic mass is 16.5. The molecule has 0 amide bonds. The first-order valence-corrected chi connectivity index (χ1v) is 7.29. The van der Waals surface area contributed by atoms with Crippen molar-refractivity contribution in [1.82, 2.24) is 19.7 Å². The largest absolute Gasteiger partial charge is 0.497 e. The van der Waals surface area contributed by atoms with Gasteiger partial charge in [-0.15, -0.1) is 10.2 Å². The van der Waals surface area contributed by atoms with E-state index in [4.69, 9.17) is 10.5 Å². The average Bonchev–Trinajstić information content (AvgIpc) is 3.11. The SMILES string of the molecule is COc1ccc2c(c1)C(N)C(N1CCn3cnnc3C1)C2. The van der Waals surface area contributed by atoms with Crippen molar-refractivity contribution in [1.29, 1.82) is 0 Å². The maximum Gasteiger partial charge on any atom is 0.147 e. The molecule has 2 atom stereocenters. The van der Waals surface area contributed by atoms with Gasteiger partial charge < -0.3 is 15.0 Å². The first-order chi connectivity index (χ1) is 10.3. The number of hydrogen-bond donors (Lipinski definition) is 1. The summed E-state index contributed by atoms with van der Waals surface area (Å²) < 4.78 is 7.43. The molecule has 1 aromatic carbocycles. The molecule has 2 N–H and O–H groups in total. The van der Waals surface area contributed by atoms with Crippen LogP contribution in [0, 0.1) is 0 Å². The molecule has 0 bridgehead atoms. The molecular weight excluding hydrogens is 266 g/mol. The van der Waals surface area contributed by atoms with Crippen LogP contribution in [0.3, 0.4) is 0 Å². The van der Waals surface area contributed by atoms with Gasteiger partial charge in [0.2, 0.25) is 0 Å². The Labute approximate surface area is 123 Å². The fourth-order valence-electron chi connectivity index (χ4n) is 3.48. The molecule has 4 rings (SSSR count). The summed E-state index contributed by atoms with van der Waals surface area (Å²) in [7, 11) is 1.69. The molecule has 0 fully saturated rings. The van der Waals surface area contributed by atoms with Crippen molar-refractivity contribution in [2.45, 2.75) is 31.6 Å². The van der Waals surface area contributed by atoms with Crippen LogP contribution in [0.4, 0.5) is 0 Å². The van der Waals surface area contributed by atoms with E-state index in [1.807, 2.05) is 6.07 Å². The lowest BCUT2D eigenvalue weighted by Gasteiger charge is -2.34. The normalized spacial score (nSPS) is 24.7. The summed E-state index contributed by atoms with van der Waals surface area (Å²) in [5.41, 5.74) is 9.05. The minimum Gasteiger partial charge on any atom is -0.497 e. The van der Waals surface area contributed by atoms with Crippen LogP contribution >= 0.6 is 0 Å². The van der Waals surface area contributed by atoms with Gasteiger partial charge in [0, 0.05) is 25.2 Å². The number of nitrogens with two attached hydrogens (primary N) is 1. The van der Waals surface area contributed by atoms with Crippen molar-refractivity contribution in [3.63, 3.8) is 0 Å². The Morgan fingerprint density at radius 1 is 1.33 bits per heavy atom. The molecule has 21 heavy (non-hydrogen) atoms. The Morgan fingerprint density at radius 3 is 3.10 bits per heavy atom. The van der Waals surface area contributed by atoms with Crippen LogP contribution in [-0.2, 0) is 19.5 Å². The Hall–Kier alpha value is -1.92.